The number of benzene rings is 2. The lowest BCUT2D eigenvalue weighted by Crippen LogP contribution is -2.42. The maximum atomic E-state index is 13.0. The molecule has 1 atom stereocenters. The molecule has 2 aromatic rings. The topological polar surface area (TPSA) is 127 Å². The summed E-state index contributed by atoms with van der Waals surface area (Å²) in [6.45, 7) is 1.94. The van der Waals surface area contributed by atoms with Gasteiger partial charge in [-0.05, 0) is 67.3 Å². The summed E-state index contributed by atoms with van der Waals surface area (Å²) in [5.41, 5.74) is 0.309. The molecule has 0 spiro atoms. The van der Waals surface area contributed by atoms with Crippen molar-refractivity contribution in [1.29, 1.82) is 0 Å². The van der Waals surface area contributed by atoms with Gasteiger partial charge >= 0.3 is 0 Å². The van der Waals surface area contributed by atoms with E-state index in [9.17, 15) is 28.1 Å². The van der Waals surface area contributed by atoms with E-state index >= 15 is 0 Å². The summed E-state index contributed by atoms with van der Waals surface area (Å²) < 4.78 is 27.7. The third-order valence-electron chi connectivity index (χ3n) is 6.37. The highest BCUT2D eigenvalue weighted by Gasteiger charge is 2.40. The van der Waals surface area contributed by atoms with Crippen molar-refractivity contribution in [1.82, 2.24) is 4.90 Å². The molecule has 0 bridgehead atoms. The summed E-state index contributed by atoms with van der Waals surface area (Å²) in [6, 6.07) is 11.1. The fourth-order valence-electron chi connectivity index (χ4n) is 4.50. The number of anilines is 1. The Labute approximate surface area is 207 Å². The molecule has 0 radical (unpaired) electrons. The van der Waals surface area contributed by atoms with Gasteiger partial charge in [0.1, 0.15) is 0 Å². The van der Waals surface area contributed by atoms with Gasteiger partial charge < -0.3 is 0 Å². The number of thioether (sulfide) groups is 1. The third-order valence-corrected chi connectivity index (χ3v) is 8.69. The van der Waals surface area contributed by atoms with Crippen molar-refractivity contribution in [2.45, 2.75) is 50.0 Å². The Bertz CT molecular complexity index is 1280. The molecule has 4 rings (SSSR count). The number of hydrogen-bond donors (Lipinski definition) is 1. The largest absolute Gasteiger partial charge is 0.293 e. The van der Waals surface area contributed by atoms with E-state index in [1.807, 2.05) is 6.92 Å². The van der Waals surface area contributed by atoms with Gasteiger partial charge in [0.15, 0.2) is 4.90 Å². The Morgan fingerprint density at radius 3 is 2.40 bits per heavy atom. The number of nitrogens with one attached hydrogen (secondary N) is 1. The van der Waals surface area contributed by atoms with Crippen LogP contribution < -0.4 is 4.72 Å². The number of carbonyl (C=O) groups is 2. The van der Waals surface area contributed by atoms with Gasteiger partial charge in [-0.1, -0.05) is 43.5 Å². The minimum absolute atomic E-state index is 0.146. The van der Waals surface area contributed by atoms with Gasteiger partial charge in [0, 0.05) is 17.8 Å². The predicted octanol–water partition coefficient (Wildman–Crippen LogP) is 5.40. The van der Waals surface area contributed by atoms with Crippen molar-refractivity contribution in [2.24, 2.45) is 5.92 Å². The van der Waals surface area contributed by atoms with Crippen molar-refractivity contribution in [3.63, 3.8) is 0 Å². The quantitative estimate of drug-likeness (QED) is 0.297. The molecule has 1 unspecified atom stereocenters. The van der Waals surface area contributed by atoms with Crippen LogP contribution in [-0.2, 0) is 14.8 Å². The Kier molecular flexibility index (Phi) is 7.27. The fraction of sp³-hybridized carbons (Fsp3) is 0.333. The number of nitro benzene ring substituents is 1. The van der Waals surface area contributed by atoms with E-state index < -0.39 is 25.5 Å². The van der Waals surface area contributed by atoms with Crippen LogP contribution in [0.2, 0.25) is 0 Å². The highest BCUT2D eigenvalue weighted by molar-refractivity contribution is 8.18. The summed E-state index contributed by atoms with van der Waals surface area (Å²) >= 11 is 0.908. The summed E-state index contributed by atoms with van der Waals surface area (Å²) in [5, 5.41) is 10.9. The van der Waals surface area contributed by atoms with Gasteiger partial charge in [-0.3, -0.25) is 29.3 Å². The first-order valence-electron chi connectivity index (χ1n) is 11.3. The van der Waals surface area contributed by atoms with Crippen LogP contribution in [0.1, 0.15) is 44.6 Å². The molecule has 0 aromatic heterocycles. The highest BCUT2D eigenvalue weighted by Crippen LogP contribution is 2.38. The number of nitrogens with zero attached hydrogens (tertiary/aromatic N) is 2. The Hall–Kier alpha value is -3.18. The molecule has 1 aliphatic carbocycles. The van der Waals surface area contributed by atoms with Crippen molar-refractivity contribution >= 4 is 50.4 Å². The average molecular weight is 516 g/mol. The molecule has 184 valence electrons. The van der Waals surface area contributed by atoms with Crippen LogP contribution in [0, 0.1) is 16.0 Å². The summed E-state index contributed by atoms with van der Waals surface area (Å²) in [4.78, 5) is 37.3. The van der Waals surface area contributed by atoms with E-state index in [1.54, 1.807) is 18.2 Å². The fourth-order valence-corrected chi connectivity index (χ4v) is 6.65. The first-order chi connectivity index (χ1) is 16.7. The number of imide groups is 1. The maximum absolute atomic E-state index is 13.0. The molecule has 1 aliphatic heterocycles. The molecule has 9 nitrogen and oxygen atoms in total. The minimum Gasteiger partial charge on any atom is -0.279 e. The molecule has 2 amide bonds. The van der Waals surface area contributed by atoms with Crippen molar-refractivity contribution < 1.29 is 22.9 Å². The summed E-state index contributed by atoms with van der Waals surface area (Å²) in [7, 11) is -4.18. The van der Waals surface area contributed by atoms with Crippen LogP contribution in [0.25, 0.3) is 6.08 Å². The highest BCUT2D eigenvalue weighted by atomic mass is 32.2. The molecule has 2 aromatic carbocycles. The van der Waals surface area contributed by atoms with Gasteiger partial charge in [0.25, 0.3) is 26.9 Å². The molecule has 2 aliphatic rings. The number of carbonyl (C=O) groups excluding carboxylic acids is 2. The number of rotatable bonds is 7. The van der Waals surface area contributed by atoms with Gasteiger partial charge in [-0.15, -0.1) is 0 Å². The number of hydrogen-bond acceptors (Lipinski definition) is 7. The first kappa shape index (κ1) is 24.9. The van der Waals surface area contributed by atoms with Crippen molar-refractivity contribution in [3.8, 4) is 0 Å². The molecule has 11 heteroatoms. The predicted molar refractivity (Wildman–Crippen MR) is 134 cm³/mol. The maximum Gasteiger partial charge on any atom is 0.293 e. The van der Waals surface area contributed by atoms with Crippen LogP contribution in [0.3, 0.4) is 0 Å². The molecule has 1 N–H and O–H groups in total. The zero-order valence-electron chi connectivity index (χ0n) is 19.0. The Morgan fingerprint density at radius 1 is 1.09 bits per heavy atom. The second-order valence-electron chi connectivity index (χ2n) is 8.64. The van der Waals surface area contributed by atoms with Crippen LogP contribution in [0.15, 0.2) is 58.3 Å². The second kappa shape index (κ2) is 10.2. The van der Waals surface area contributed by atoms with Crippen LogP contribution in [-0.4, -0.2) is 35.4 Å². The Balaban J connectivity index is 1.48. The van der Waals surface area contributed by atoms with Crippen molar-refractivity contribution in [3.05, 3.63) is 69.1 Å². The zero-order valence-corrected chi connectivity index (χ0v) is 20.7. The van der Waals surface area contributed by atoms with E-state index in [4.69, 9.17) is 0 Å². The van der Waals surface area contributed by atoms with Crippen LogP contribution >= 0.6 is 11.8 Å². The molecular formula is C24H25N3O6S2. The summed E-state index contributed by atoms with van der Waals surface area (Å²) in [6.07, 6.45) is 7.08. The van der Waals surface area contributed by atoms with Crippen LogP contribution in [0.5, 0.6) is 0 Å². The smallest absolute Gasteiger partial charge is 0.279 e. The van der Waals surface area contributed by atoms with Gasteiger partial charge in [0.2, 0.25) is 0 Å². The van der Waals surface area contributed by atoms with E-state index in [0.29, 0.717) is 16.4 Å². The summed E-state index contributed by atoms with van der Waals surface area (Å²) in [5.74, 6) is 0.0172. The molecule has 2 fully saturated rings. The Morgan fingerprint density at radius 2 is 1.74 bits per heavy atom. The third kappa shape index (κ3) is 5.40. The normalized spacial score (nSPS) is 19.2. The molecule has 1 heterocycles. The number of amides is 2. The lowest BCUT2D eigenvalue weighted by molar-refractivity contribution is -0.387. The molecule has 1 saturated carbocycles. The monoisotopic (exact) mass is 515 g/mol. The molecular weight excluding hydrogens is 490 g/mol. The standard InChI is InChI=1S/C24H25N3O6S2/c1-16(18-7-3-2-4-8-18)26-23(28)21(34-24(26)29)15-17-11-13-19(14-12-17)25-35(32,33)22-10-6-5-9-20(22)27(30)31/h5-6,9-16,18,25H,2-4,7-8H2,1H3/b21-15-. The van der Waals surface area contributed by atoms with Crippen molar-refractivity contribution in [2.75, 3.05) is 4.72 Å². The molecule has 1 saturated heterocycles. The van der Waals surface area contributed by atoms with E-state index in [0.717, 1.165) is 43.5 Å². The van der Waals surface area contributed by atoms with E-state index in [-0.39, 0.29) is 22.9 Å². The number of sulfonamides is 1. The van der Waals surface area contributed by atoms with Gasteiger partial charge in [-0.2, -0.15) is 0 Å². The SMILES string of the molecule is CC(C1CCCCC1)N1C(=O)S/C(=C\c2ccc(NS(=O)(=O)c3ccccc3[N+](=O)[O-])cc2)C1=O. The number of nitro groups is 1. The van der Waals surface area contributed by atoms with E-state index in [1.165, 1.54) is 41.7 Å². The van der Waals surface area contributed by atoms with E-state index in [2.05, 4.69) is 4.72 Å². The lowest BCUT2D eigenvalue weighted by Gasteiger charge is -2.32. The number of para-hydroxylation sites is 1. The van der Waals surface area contributed by atoms with Crippen LogP contribution in [0.4, 0.5) is 16.2 Å². The average Bonchev–Trinajstić information content (AvgIpc) is 3.12. The first-order valence-corrected chi connectivity index (χ1v) is 13.6. The second-order valence-corrected chi connectivity index (χ2v) is 11.3. The van der Waals surface area contributed by atoms with Gasteiger partial charge in [0.05, 0.1) is 9.83 Å². The zero-order chi connectivity index (χ0) is 25.2. The minimum atomic E-state index is -4.18. The molecule has 35 heavy (non-hydrogen) atoms. The van der Waals surface area contributed by atoms with Gasteiger partial charge in [-0.25, -0.2) is 8.42 Å². The lowest BCUT2D eigenvalue weighted by atomic mass is 9.84.